The van der Waals surface area contributed by atoms with E-state index >= 15 is 0 Å². The first kappa shape index (κ1) is 16.6. The predicted octanol–water partition coefficient (Wildman–Crippen LogP) is 0.127. The lowest BCUT2D eigenvalue weighted by atomic mass is 10.3. The van der Waals surface area contributed by atoms with E-state index < -0.39 is 17.9 Å². The predicted molar refractivity (Wildman–Crippen MR) is 80.2 cm³/mol. The van der Waals surface area contributed by atoms with E-state index in [1.165, 1.54) is 10.6 Å². The number of nitrogens with one attached hydrogen (secondary N) is 1. The van der Waals surface area contributed by atoms with E-state index in [2.05, 4.69) is 27.0 Å². The Morgan fingerprint density at radius 1 is 1.48 bits per heavy atom. The van der Waals surface area contributed by atoms with Crippen molar-refractivity contribution < 1.29 is 19.4 Å². The van der Waals surface area contributed by atoms with Crippen molar-refractivity contribution in [1.82, 2.24) is 24.9 Å². The van der Waals surface area contributed by atoms with Gasteiger partial charge in [-0.05, 0) is 19.9 Å². The van der Waals surface area contributed by atoms with Gasteiger partial charge in [0.2, 0.25) is 5.82 Å². The molecule has 1 amide bonds. The van der Waals surface area contributed by atoms with Crippen LogP contribution < -0.4 is 5.32 Å². The van der Waals surface area contributed by atoms with E-state index in [0.29, 0.717) is 0 Å². The average molecular weight is 319 g/mol. The molecule has 0 aromatic carbocycles. The summed E-state index contributed by atoms with van der Waals surface area (Å²) >= 11 is 0. The zero-order valence-corrected chi connectivity index (χ0v) is 12.8. The molecule has 2 N–H and O–H groups in total. The molecule has 0 spiro atoms. The van der Waals surface area contributed by atoms with Crippen molar-refractivity contribution >= 4 is 17.7 Å². The van der Waals surface area contributed by atoms with Gasteiger partial charge in [0, 0.05) is 11.4 Å². The lowest BCUT2D eigenvalue weighted by molar-refractivity contribution is -0.140. The van der Waals surface area contributed by atoms with E-state index in [1.54, 1.807) is 19.9 Å². The van der Waals surface area contributed by atoms with Gasteiger partial charge in [0.1, 0.15) is 0 Å². The zero-order chi connectivity index (χ0) is 17.0. The van der Waals surface area contributed by atoms with Crippen molar-refractivity contribution in [3.05, 3.63) is 35.9 Å². The quantitative estimate of drug-likeness (QED) is 0.550. The maximum absolute atomic E-state index is 12.1. The monoisotopic (exact) mass is 319 g/mol. The molecule has 2 aromatic rings. The van der Waals surface area contributed by atoms with Crippen LogP contribution in [-0.4, -0.2) is 55.8 Å². The zero-order valence-electron chi connectivity index (χ0n) is 12.8. The number of amides is 1. The molecule has 0 saturated carbocycles. The molecule has 23 heavy (non-hydrogen) atoms. The number of carboxylic acid groups (broad SMARTS) is 1. The van der Waals surface area contributed by atoms with Crippen LogP contribution in [0.5, 0.6) is 0 Å². The van der Waals surface area contributed by atoms with Crippen molar-refractivity contribution in [1.29, 1.82) is 0 Å². The van der Waals surface area contributed by atoms with Crippen LogP contribution in [0, 0.1) is 13.8 Å². The van der Waals surface area contributed by atoms with Gasteiger partial charge in [-0.15, -0.1) is 11.7 Å². The van der Waals surface area contributed by atoms with Crippen LogP contribution in [0.3, 0.4) is 0 Å². The van der Waals surface area contributed by atoms with Crippen molar-refractivity contribution in [2.45, 2.75) is 19.9 Å². The molecule has 122 valence electrons. The number of carbonyl (C=O) groups excluding carboxylic acids is 1. The fourth-order valence-electron chi connectivity index (χ4n) is 1.93. The third-order valence-electron chi connectivity index (χ3n) is 2.95. The summed E-state index contributed by atoms with van der Waals surface area (Å²) in [7, 11) is 0. The number of aliphatic carboxylic acids is 1. The van der Waals surface area contributed by atoms with Gasteiger partial charge in [0.25, 0.3) is 11.7 Å². The number of hydrogen-bond donors (Lipinski definition) is 2. The molecule has 2 aromatic heterocycles. The summed E-state index contributed by atoms with van der Waals surface area (Å²) in [6, 6.07) is 0.594. The molecule has 9 heteroatoms. The Morgan fingerprint density at radius 3 is 2.87 bits per heavy atom. The first-order valence-corrected chi connectivity index (χ1v) is 6.85. The first-order chi connectivity index (χ1) is 10.9. The summed E-state index contributed by atoms with van der Waals surface area (Å²) in [4.78, 5) is 31.5. The lowest BCUT2D eigenvalue weighted by Crippen LogP contribution is -2.44. The van der Waals surface area contributed by atoms with Crippen LogP contribution >= 0.6 is 0 Å². The SMILES string of the molecule is C=CCOCC(NC(=O)c1nc2nc(C)cc(C)n2n1)C(=O)O. The smallest absolute Gasteiger partial charge is 0.328 e. The summed E-state index contributed by atoms with van der Waals surface area (Å²) in [6.45, 7) is 7.08. The van der Waals surface area contributed by atoms with E-state index in [4.69, 9.17) is 9.84 Å². The first-order valence-electron chi connectivity index (χ1n) is 6.85. The molecule has 0 aliphatic rings. The number of ether oxygens (including phenoxy) is 1. The fraction of sp³-hybridized carbons (Fsp3) is 0.357. The Kier molecular flexibility index (Phi) is 5.02. The summed E-state index contributed by atoms with van der Waals surface area (Å²) in [5, 5.41) is 15.5. The van der Waals surface area contributed by atoms with Crippen LogP contribution in [0.1, 0.15) is 22.0 Å². The molecule has 0 bridgehead atoms. The van der Waals surface area contributed by atoms with Gasteiger partial charge in [-0.2, -0.15) is 4.98 Å². The molecule has 0 radical (unpaired) electrons. The van der Waals surface area contributed by atoms with Crippen LogP contribution in [0.2, 0.25) is 0 Å². The van der Waals surface area contributed by atoms with Crippen LogP contribution in [0.15, 0.2) is 18.7 Å². The highest BCUT2D eigenvalue weighted by atomic mass is 16.5. The number of hydrogen-bond acceptors (Lipinski definition) is 6. The van der Waals surface area contributed by atoms with Crippen LogP contribution in [0.25, 0.3) is 5.78 Å². The minimum absolute atomic E-state index is 0.152. The molecular weight excluding hydrogens is 302 g/mol. The molecule has 1 unspecified atom stereocenters. The van der Waals surface area contributed by atoms with Gasteiger partial charge in [-0.3, -0.25) is 4.79 Å². The number of aryl methyl sites for hydroxylation is 2. The molecule has 1 atom stereocenters. The van der Waals surface area contributed by atoms with Crippen molar-refractivity contribution in [3.63, 3.8) is 0 Å². The third-order valence-corrected chi connectivity index (χ3v) is 2.95. The minimum Gasteiger partial charge on any atom is -0.480 e. The highest BCUT2D eigenvalue weighted by Crippen LogP contribution is 2.05. The largest absolute Gasteiger partial charge is 0.480 e. The Labute approximate surface area is 132 Å². The number of carboxylic acids is 1. The van der Waals surface area contributed by atoms with Gasteiger partial charge in [0.05, 0.1) is 13.2 Å². The second kappa shape index (κ2) is 6.97. The second-order valence-electron chi connectivity index (χ2n) is 4.88. The topological polar surface area (TPSA) is 119 Å². The number of nitrogens with zero attached hydrogens (tertiary/aromatic N) is 4. The summed E-state index contributed by atoms with van der Waals surface area (Å²) in [5.74, 6) is -1.79. The number of aromatic nitrogens is 4. The van der Waals surface area contributed by atoms with E-state index in [9.17, 15) is 9.59 Å². The lowest BCUT2D eigenvalue weighted by Gasteiger charge is -2.12. The van der Waals surface area contributed by atoms with Gasteiger partial charge >= 0.3 is 5.97 Å². The van der Waals surface area contributed by atoms with Crippen LogP contribution in [0.4, 0.5) is 0 Å². The van der Waals surface area contributed by atoms with Gasteiger partial charge < -0.3 is 15.2 Å². The summed E-state index contributed by atoms with van der Waals surface area (Å²) in [6.07, 6.45) is 1.49. The fourth-order valence-corrected chi connectivity index (χ4v) is 1.93. The van der Waals surface area contributed by atoms with Crippen molar-refractivity contribution in [2.24, 2.45) is 0 Å². The Bertz CT molecular complexity index is 755. The molecular formula is C14H17N5O4. The maximum atomic E-state index is 12.1. The highest BCUT2D eigenvalue weighted by Gasteiger charge is 2.23. The molecule has 9 nitrogen and oxygen atoms in total. The minimum atomic E-state index is -1.21. The van der Waals surface area contributed by atoms with E-state index in [0.717, 1.165) is 11.4 Å². The molecule has 0 aliphatic carbocycles. The molecule has 0 fully saturated rings. The van der Waals surface area contributed by atoms with Gasteiger partial charge in [-0.25, -0.2) is 14.3 Å². The number of fused-ring (bicyclic) bond motifs is 1. The van der Waals surface area contributed by atoms with Crippen molar-refractivity contribution in [2.75, 3.05) is 13.2 Å². The summed E-state index contributed by atoms with van der Waals surface area (Å²) < 4.78 is 6.49. The Morgan fingerprint density at radius 2 is 2.22 bits per heavy atom. The normalized spacial score (nSPS) is 12.1. The number of carbonyl (C=O) groups is 2. The third kappa shape index (κ3) is 3.89. The Balaban J connectivity index is 2.17. The molecule has 0 saturated heterocycles. The second-order valence-corrected chi connectivity index (χ2v) is 4.88. The average Bonchev–Trinajstić information content (AvgIpc) is 2.90. The molecule has 2 heterocycles. The van der Waals surface area contributed by atoms with Crippen LogP contribution in [-0.2, 0) is 9.53 Å². The Hall–Kier alpha value is -2.81. The molecule has 0 aliphatic heterocycles. The number of rotatable bonds is 7. The maximum Gasteiger partial charge on any atom is 0.328 e. The highest BCUT2D eigenvalue weighted by molar-refractivity contribution is 5.93. The van der Waals surface area contributed by atoms with Gasteiger partial charge in [0.15, 0.2) is 6.04 Å². The standard InChI is InChI=1S/C14H17N5O4/c1-4-5-23-7-10(13(21)22)16-12(20)11-17-14-15-8(2)6-9(3)19(14)18-11/h4,6,10H,1,5,7H2,2-3H3,(H,16,20)(H,21,22). The van der Waals surface area contributed by atoms with Crippen molar-refractivity contribution in [3.8, 4) is 0 Å². The summed E-state index contributed by atoms with van der Waals surface area (Å²) in [5.41, 5.74) is 1.51. The van der Waals surface area contributed by atoms with Gasteiger partial charge in [-0.1, -0.05) is 6.08 Å². The van der Waals surface area contributed by atoms with E-state index in [-0.39, 0.29) is 24.8 Å². The molecule has 2 rings (SSSR count). The van der Waals surface area contributed by atoms with E-state index in [1.807, 2.05) is 0 Å².